The van der Waals surface area contributed by atoms with Crippen molar-refractivity contribution in [3.63, 3.8) is 0 Å². The molecule has 2 heterocycles. The van der Waals surface area contributed by atoms with Crippen molar-refractivity contribution in [3.8, 4) is 0 Å². The molecule has 2 aromatic rings. The van der Waals surface area contributed by atoms with Crippen LogP contribution in [-0.4, -0.2) is 15.9 Å². The normalized spacial score (nSPS) is 22.9. The Morgan fingerprint density at radius 2 is 2.39 bits per heavy atom. The Hall–Kier alpha value is -1.69. The van der Waals surface area contributed by atoms with Crippen LogP contribution in [0.5, 0.6) is 0 Å². The number of aromatic amines is 1. The number of rotatable bonds is 1. The summed E-state index contributed by atoms with van der Waals surface area (Å²) in [5.41, 5.74) is 5.74. The Labute approximate surface area is 107 Å². The number of primary amides is 1. The summed E-state index contributed by atoms with van der Waals surface area (Å²) in [5, 5.41) is 0.629. The van der Waals surface area contributed by atoms with E-state index < -0.39 is 5.41 Å². The summed E-state index contributed by atoms with van der Waals surface area (Å²) in [5.74, 6) is -0.298. The zero-order chi connectivity index (χ0) is 12.9. The number of hydrogen-bond acceptors (Lipinski definition) is 4. The molecule has 3 N–H and O–H groups in total. The minimum absolute atomic E-state index is 0.133. The predicted octanol–water partition coefficient (Wildman–Crippen LogP) is 0.965. The van der Waals surface area contributed by atoms with Gasteiger partial charge in [-0.3, -0.25) is 9.59 Å². The molecule has 0 aromatic carbocycles. The first-order valence-corrected chi connectivity index (χ1v) is 6.61. The summed E-state index contributed by atoms with van der Waals surface area (Å²) in [6, 6.07) is 0. The smallest absolute Gasteiger partial charge is 0.259 e. The summed E-state index contributed by atoms with van der Waals surface area (Å²) in [6.45, 7) is 1.87. The van der Waals surface area contributed by atoms with Gasteiger partial charge < -0.3 is 10.7 Å². The quantitative estimate of drug-likeness (QED) is 0.803. The van der Waals surface area contributed by atoms with Crippen molar-refractivity contribution in [3.05, 3.63) is 27.1 Å². The summed E-state index contributed by atoms with van der Waals surface area (Å²) < 4.78 is 0. The maximum absolute atomic E-state index is 11.9. The van der Waals surface area contributed by atoms with Crippen molar-refractivity contribution >= 4 is 27.5 Å². The van der Waals surface area contributed by atoms with Crippen molar-refractivity contribution in [2.45, 2.75) is 26.2 Å². The molecule has 18 heavy (non-hydrogen) atoms. The molecule has 0 aliphatic heterocycles. The van der Waals surface area contributed by atoms with Gasteiger partial charge >= 0.3 is 0 Å². The highest BCUT2D eigenvalue weighted by atomic mass is 32.1. The molecule has 0 radical (unpaired) electrons. The molecule has 6 heteroatoms. The van der Waals surface area contributed by atoms with Crippen molar-refractivity contribution < 1.29 is 4.79 Å². The van der Waals surface area contributed by atoms with Crippen LogP contribution in [0.15, 0.2) is 11.1 Å². The SMILES string of the molecule is CC1(C(N)=O)CCc2sc3nc[nH]c(=O)c3c2C1. The zero-order valence-electron chi connectivity index (χ0n) is 9.95. The molecule has 1 amide bonds. The van der Waals surface area contributed by atoms with Crippen molar-refractivity contribution in [1.82, 2.24) is 9.97 Å². The highest BCUT2D eigenvalue weighted by molar-refractivity contribution is 7.18. The number of amides is 1. The molecule has 0 saturated heterocycles. The third-order valence-electron chi connectivity index (χ3n) is 3.74. The first-order chi connectivity index (χ1) is 8.51. The van der Waals surface area contributed by atoms with Crippen molar-refractivity contribution in [2.24, 2.45) is 11.1 Å². The first-order valence-electron chi connectivity index (χ1n) is 5.79. The second-order valence-electron chi connectivity index (χ2n) is 5.02. The van der Waals surface area contributed by atoms with Gasteiger partial charge in [-0.25, -0.2) is 4.98 Å². The van der Waals surface area contributed by atoms with E-state index in [1.807, 2.05) is 6.92 Å². The van der Waals surface area contributed by atoms with Crippen molar-refractivity contribution in [1.29, 1.82) is 0 Å². The van der Waals surface area contributed by atoms with Crippen LogP contribution in [0, 0.1) is 5.41 Å². The van der Waals surface area contributed by atoms with Crippen LogP contribution < -0.4 is 11.3 Å². The van der Waals surface area contributed by atoms with E-state index in [1.54, 1.807) is 11.3 Å². The van der Waals surface area contributed by atoms with Gasteiger partial charge in [-0.1, -0.05) is 6.92 Å². The highest BCUT2D eigenvalue weighted by Crippen LogP contribution is 2.41. The fraction of sp³-hybridized carbons (Fsp3) is 0.417. The summed E-state index contributed by atoms with van der Waals surface area (Å²) in [4.78, 5) is 32.1. The average Bonchev–Trinajstić information content (AvgIpc) is 2.67. The number of aryl methyl sites for hydroxylation is 1. The van der Waals surface area contributed by atoms with Gasteiger partial charge in [0.1, 0.15) is 4.83 Å². The average molecular weight is 263 g/mol. The number of aromatic nitrogens is 2. The Balaban J connectivity index is 2.24. The van der Waals surface area contributed by atoms with E-state index in [0.29, 0.717) is 11.8 Å². The van der Waals surface area contributed by atoms with Crippen LogP contribution in [-0.2, 0) is 17.6 Å². The standard InChI is InChI=1S/C12H13N3O2S/c1-12(11(13)17)3-2-7-6(4-12)8-9(16)14-5-15-10(8)18-7/h5H,2-4H2,1H3,(H2,13,17)(H,14,15,16). The maximum Gasteiger partial charge on any atom is 0.259 e. The van der Waals surface area contributed by atoms with E-state index in [1.165, 1.54) is 6.33 Å². The van der Waals surface area contributed by atoms with Gasteiger partial charge in [0.15, 0.2) is 0 Å². The van der Waals surface area contributed by atoms with Gasteiger partial charge in [-0.15, -0.1) is 11.3 Å². The first kappa shape index (κ1) is 11.4. The van der Waals surface area contributed by atoms with Gasteiger partial charge in [-0.2, -0.15) is 0 Å². The monoisotopic (exact) mass is 263 g/mol. The molecule has 94 valence electrons. The molecule has 1 unspecified atom stereocenters. The van der Waals surface area contributed by atoms with E-state index in [9.17, 15) is 9.59 Å². The second-order valence-corrected chi connectivity index (χ2v) is 6.10. The van der Waals surface area contributed by atoms with E-state index >= 15 is 0 Å². The number of thiophene rings is 1. The molecule has 0 fully saturated rings. The molecule has 5 nitrogen and oxygen atoms in total. The lowest BCUT2D eigenvalue weighted by atomic mass is 9.74. The molecule has 1 aliphatic rings. The highest BCUT2D eigenvalue weighted by Gasteiger charge is 2.37. The maximum atomic E-state index is 11.9. The van der Waals surface area contributed by atoms with Gasteiger partial charge in [0, 0.05) is 4.88 Å². The molecule has 0 bridgehead atoms. The lowest BCUT2D eigenvalue weighted by Crippen LogP contribution is -2.39. The summed E-state index contributed by atoms with van der Waals surface area (Å²) >= 11 is 1.54. The van der Waals surface area contributed by atoms with Crippen molar-refractivity contribution in [2.75, 3.05) is 0 Å². The molecule has 1 atom stereocenters. The molecule has 3 rings (SSSR count). The Kier molecular flexibility index (Phi) is 2.31. The fourth-order valence-electron chi connectivity index (χ4n) is 2.51. The fourth-order valence-corrected chi connectivity index (χ4v) is 3.67. The van der Waals surface area contributed by atoms with Gasteiger partial charge in [0.05, 0.1) is 17.1 Å². The van der Waals surface area contributed by atoms with Crippen LogP contribution in [0.1, 0.15) is 23.8 Å². The van der Waals surface area contributed by atoms with E-state index in [2.05, 4.69) is 9.97 Å². The van der Waals surface area contributed by atoms with Crippen LogP contribution in [0.25, 0.3) is 10.2 Å². The van der Waals surface area contributed by atoms with Gasteiger partial charge in [0.2, 0.25) is 5.91 Å². The minimum Gasteiger partial charge on any atom is -0.369 e. The number of hydrogen-bond donors (Lipinski definition) is 2. The summed E-state index contributed by atoms with van der Waals surface area (Å²) in [6.07, 6.45) is 3.47. The van der Waals surface area contributed by atoms with Crippen LogP contribution in [0.3, 0.4) is 0 Å². The molecule has 0 spiro atoms. The van der Waals surface area contributed by atoms with E-state index in [0.717, 1.165) is 28.1 Å². The minimum atomic E-state index is -0.552. The number of fused-ring (bicyclic) bond motifs is 3. The van der Waals surface area contributed by atoms with E-state index in [4.69, 9.17) is 5.73 Å². The van der Waals surface area contributed by atoms with Crippen LogP contribution in [0.2, 0.25) is 0 Å². The molecular formula is C12H13N3O2S. The number of carbonyl (C=O) groups excluding carboxylic acids is 1. The van der Waals surface area contributed by atoms with Gasteiger partial charge in [0.25, 0.3) is 5.56 Å². The Morgan fingerprint density at radius 3 is 3.11 bits per heavy atom. The number of nitrogens with two attached hydrogens (primary N) is 1. The van der Waals surface area contributed by atoms with Crippen LogP contribution in [0.4, 0.5) is 0 Å². The lowest BCUT2D eigenvalue weighted by molar-refractivity contribution is -0.127. The van der Waals surface area contributed by atoms with E-state index in [-0.39, 0.29) is 11.5 Å². The van der Waals surface area contributed by atoms with Crippen LogP contribution >= 0.6 is 11.3 Å². The Morgan fingerprint density at radius 1 is 1.61 bits per heavy atom. The molecule has 1 aliphatic carbocycles. The molecular weight excluding hydrogens is 250 g/mol. The number of nitrogens with one attached hydrogen (secondary N) is 1. The predicted molar refractivity (Wildman–Crippen MR) is 69.6 cm³/mol. The largest absolute Gasteiger partial charge is 0.369 e. The summed E-state index contributed by atoms with van der Waals surface area (Å²) in [7, 11) is 0. The third kappa shape index (κ3) is 1.49. The number of carbonyl (C=O) groups is 1. The van der Waals surface area contributed by atoms with Gasteiger partial charge in [-0.05, 0) is 24.8 Å². The number of H-pyrrole nitrogens is 1. The third-order valence-corrected chi connectivity index (χ3v) is 4.94. The molecule has 0 saturated carbocycles. The second kappa shape index (κ2) is 3.65. The zero-order valence-corrected chi connectivity index (χ0v) is 10.8. The lowest BCUT2D eigenvalue weighted by Gasteiger charge is -2.30. The topological polar surface area (TPSA) is 88.8 Å². The number of nitrogens with zero attached hydrogens (tertiary/aromatic N) is 1. The Bertz CT molecular complexity index is 703. The molecule has 2 aromatic heterocycles.